The highest BCUT2D eigenvalue weighted by atomic mass is 16.3. The van der Waals surface area contributed by atoms with Gasteiger partial charge in [0.1, 0.15) is 5.75 Å². The highest BCUT2D eigenvalue weighted by Gasteiger charge is 1.92. The van der Waals surface area contributed by atoms with E-state index < -0.39 is 0 Å². The summed E-state index contributed by atoms with van der Waals surface area (Å²) in [5.74, 6) is 0.263. The number of carbonyl (C=O) groups is 1. The number of nitrogens with one attached hydrogen (secondary N) is 1. The second-order valence-corrected chi connectivity index (χ2v) is 2.49. The van der Waals surface area contributed by atoms with Gasteiger partial charge in [0.15, 0.2) is 0 Å². The minimum Gasteiger partial charge on any atom is -0.508 e. The van der Waals surface area contributed by atoms with Crippen LogP contribution in [0.15, 0.2) is 24.3 Å². The molecule has 0 aromatic heterocycles. The molecular formula is C9H11NO2. The standard InChI is InChI=1S/C9H11NO2/c11-7-10-5-4-8-2-1-3-9(12)6-8/h1-3,6-7,12H,4-5H2,(H,10,11). The third-order valence-corrected chi connectivity index (χ3v) is 1.55. The molecule has 1 aromatic carbocycles. The molecule has 2 N–H and O–H groups in total. The minimum atomic E-state index is 0.263. The predicted molar refractivity (Wildman–Crippen MR) is 45.9 cm³/mol. The van der Waals surface area contributed by atoms with Crippen LogP contribution in [-0.2, 0) is 11.2 Å². The van der Waals surface area contributed by atoms with E-state index in [0.29, 0.717) is 13.0 Å². The largest absolute Gasteiger partial charge is 0.508 e. The van der Waals surface area contributed by atoms with E-state index in [4.69, 9.17) is 5.11 Å². The van der Waals surface area contributed by atoms with Crippen molar-refractivity contribution in [2.75, 3.05) is 6.54 Å². The normalized spacial score (nSPS) is 9.33. The van der Waals surface area contributed by atoms with E-state index in [1.807, 2.05) is 6.07 Å². The van der Waals surface area contributed by atoms with E-state index in [1.54, 1.807) is 18.2 Å². The average Bonchev–Trinajstić information content (AvgIpc) is 2.05. The van der Waals surface area contributed by atoms with Crippen LogP contribution in [0, 0.1) is 0 Å². The van der Waals surface area contributed by atoms with Crippen LogP contribution < -0.4 is 5.32 Å². The van der Waals surface area contributed by atoms with Gasteiger partial charge in [-0.05, 0) is 24.1 Å². The molecule has 0 bridgehead atoms. The Hall–Kier alpha value is -1.51. The van der Waals surface area contributed by atoms with Crippen molar-refractivity contribution in [2.45, 2.75) is 6.42 Å². The van der Waals surface area contributed by atoms with Gasteiger partial charge in [-0.1, -0.05) is 12.1 Å². The lowest BCUT2D eigenvalue weighted by atomic mass is 10.1. The molecule has 0 saturated heterocycles. The second kappa shape index (κ2) is 4.38. The predicted octanol–water partition coefficient (Wildman–Crippen LogP) is 0.681. The first-order valence-corrected chi connectivity index (χ1v) is 3.78. The summed E-state index contributed by atoms with van der Waals surface area (Å²) in [6.07, 6.45) is 1.41. The Morgan fingerprint density at radius 3 is 3.00 bits per heavy atom. The van der Waals surface area contributed by atoms with E-state index in [1.165, 1.54) is 0 Å². The van der Waals surface area contributed by atoms with Crippen LogP contribution in [-0.4, -0.2) is 18.1 Å². The molecular weight excluding hydrogens is 154 g/mol. The first-order valence-electron chi connectivity index (χ1n) is 3.78. The number of aromatic hydroxyl groups is 1. The van der Waals surface area contributed by atoms with E-state index >= 15 is 0 Å². The summed E-state index contributed by atoms with van der Waals surface area (Å²) in [5.41, 5.74) is 1.02. The fraction of sp³-hybridized carbons (Fsp3) is 0.222. The molecule has 0 atom stereocenters. The van der Waals surface area contributed by atoms with Crippen molar-refractivity contribution in [1.29, 1.82) is 0 Å². The van der Waals surface area contributed by atoms with E-state index in [-0.39, 0.29) is 5.75 Å². The quantitative estimate of drug-likeness (QED) is 0.509. The maximum absolute atomic E-state index is 9.90. The zero-order chi connectivity index (χ0) is 8.81. The number of rotatable bonds is 4. The third-order valence-electron chi connectivity index (χ3n) is 1.55. The molecule has 0 spiro atoms. The van der Waals surface area contributed by atoms with Gasteiger partial charge < -0.3 is 10.4 Å². The Labute approximate surface area is 71.0 Å². The summed E-state index contributed by atoms with van der Waals surface area (Å²) in [4.78, 5) is 9.90. The Morgan fingerprint density at radius 2 is 2.33 bits per heavy atom. The van der Waals surface area contributed by atoms with Crippen LogP contribution in [0.25, 0.3) is 0 Å². The fourth-order valence-electron chi connectivity index (χ4n) is 0.987. The van der Waals surface area contributed by atoms with E-state index in [0.717, 1.165) is 12.0 Å². The van der Waals surface area contributed by atoms with Gasteiger partial charge in [-0.25, -0.2) is 0 Å². The lowest BCUT2D eigenvalue weighted by Gasteiger charge is -2.00. The molecule has 64 valence electrons. The number of amides is 1. The number of hydrogen-bond acceptors (Lipinski definition) is 2. The van der Waals surface area contributed by atoms with Gasteiger partial charge in [0, 0.05) is 6.54 Å². The minimum absolute atomic E-state index is 0.263. The van der Waals surface area contributed by atoms with Gasteiger partial charge in [-0.3, -0.25) is 4.79 Å². The third kappa shape index (κ3) is 2.62. The molecule has 1 rings (SSSR count). The zero-order valence-electron chi connectivity index (χ0n) is 6.66. The number of phenolic OH excluding ortho intramolecular Hbond substituents is 1. The van der Waals surface area contributed by atoms with Crippen LogP contribution in [0.3, 0.4) is 0 Å². The van der Waals surface area contributed by atoms with Gasteiger partial charge in [-0.15, -0.1) is 0 Å². The summed E-state index contributed by atoms with van der Waals surface area (Å²) in [7, 11) is 0. The topological polar surface area (TPSA) is 49.3 Å². The highest BCUT2D eigenvalue weighted by Crippen LogP contribution is 2.10. The van der Waals surface area contributed by atoms with E-state index in [2.05, 4.69) is 5.32 Å². The number of phenols is 1. The van der Waals surface area contributed by atoms with E-state index in [9.17, 15) is 4.79 Å². The van der Waals surface area contributed by atoms with Crippen LogP contribution >= 0.6 is 0 Å². The molecule has 0 heterocycles. The van der Waals surface area contributed by atoms with Gasteiger partial charge in [0.25, 0.3) is 0 Å². The molecule has 0 aliphatic rings. The van der Waals surface area contributed by atoms with Crippen LogP contribution in [0.5, 0.6) is 5.75 Å². The summed E-state index contributed by atoms with van der Waals surface area (Å²) in [6.45, 7) is 0.604. The molecule has 0 fully saturated rings. The Bertz CT molecular complexity index is 260. The molecule has 3 nitrogen and oxygen atoms in total. The summed E-state index contributed by atoms with van der Waals surface area (Å²) in [5, 5.41) is 11.6. The molecule has 3 heteroatoms. The number of benzene rings is 1. The Balaban J connectivity index is 2.46. The monoisotopic (exact) mass is 165 g/mol. The molecule has 1 aromatic rings. The average molecular weight is 165 g/mol. The zero-order valence-corrected chi connectivity index (χ0v) is 6.66. The lowest BCUT2D eigenvalue weighted by molar-refractivity contribution is -0.109. The first kappa shape index (κ1) is 8.59. The van der Waals surface area contributed by atoms with Crippen molar-refractivity contribution in [3.05, 3.63) is 29.8 Å². The maximum Gasteiger partial charge on any atom is 0.207 e. The van der Waals surface area contributed by atoms with Crippen molar-refractivity contribution in [3.8, 4) is 5.75 Å². The van der Waals surface area contributed by atoms with Crippen molar-refractivity contribution < 1.29 is 9.90 Å². The number of carbonyl (C=O) groups excluding carboxylic acids is 1. The highest BCUT2D eigenvalue weighted by molar-refractivity contribution is 5.45. The van der Waals surface area contributed by atoms with Crippen molar-refractivity contribution in [3.63, 3.8) is 0 Å². The van der Waals surface area contributed by atoms with Crippen molar-refractivity contribution in [2.24, 2.45) is 0 Å². The molecule has 1 amide bonds. The smallest absolute Gasteiger partial charge is 0.207 e. The molecule has 0 aliphatic heterocycles. The Morgan fingerprint density at radius 1 is 1.50 bits per heavy atom. The molecule has 0 aliphatic carbocycles. The summed E-state index contributed by atoms with van der Waals surface area (Å²) in [6, 6.07) is 7.00. The molecule has 0 unspecified atom stereocenters. The molecule has 12 heavy (non-hydrogen) atoms. The van der Waals surface area contributed by atoms with Crippen molar-refractivity contribution in [1.82, 2.24) is 5.32 Å². The molecule has 0 saturated carbocycles. The van der Waals surface area contributed by atoms with Crippen LogP contribution in [0.4, 0.5) is 0 Å². The maximum atomic E-state index is 9.90. The van der Waals surface area contributed by atoms with Gasteiger partial charge in [-0.2, -0.15) is 0 Å². The molecule has 0 radical (unpaired) electrons. The SMILES string of the molecule is O=CNCCc1cccc(O)c1. The lowest BCUT2D eigenvalue weighted by Crippen LogP contribution is -2.14. The van der Waals surface area contributed by atoms with Crippen LogP contribution in [0.2, 0.25) is 0 Å². The van der Waals surface area contributed by atoms with Crippen LogP contribution in [0.1, 0.15) is 5.56 Å². The fourth-order valence-corrected chi connectivity index (χ4v) is 0.987. The Kier molecular flexibility index (Phi) is 3.14. The van der Waals surface area contributed by atoms with Gasteiger partial charge >= 0.3 is 0 Å². The van der Waals surface area contributed by atoms with Gasteiger partial charge in [0.2, 0.25) is 6.41 Å². The summed E-state index contributed by atoms with van der Waals surface area (Å²) >= 11 is 0. The first-order chi connectivity index (χ1) is 5.83. The second-order valence-electron chi connectivity index (χ2n) is 2.49. The van der Waals surface area contributed by atoms with Gasteiger partial charge in [0.05, 0.1) is 0 Å². The summed E-state index contributed by atoms with van der Waals surface area (Å²) < 4.78 is 0. The number of hydrogen-bond donors (Lipinski definition) is 2. The van der Waals surface area contributed by atoms with Crippen molar-refractivity contribution >= 4 is 6.41 Å².